The number of alkyl halides is 1. The summed E-state index contributed by atoms with van der Waals surface area (Å²) in [5.41, 5.74) is 2.07. The summed E-state index contributed by atoms with van der Waals surface area (Å²) < 4.78 is 0. The van der Waals surface area contributed by atoms with Gasteiger partial charge < -0.3 is 5.32 Å². The van der Waals surface area contributed by atoms with E-state index in [9.17, 15) is 4.79 Å². The van der Waals surface area contributed by atoms with Crippen molar-refractivity contribution in [3.8, 4) is 0 Å². The quantitative estimate of drug-likeness (QED) is 0.827. The van der Waals surface area contributed by atoms with Crippen molar-refractivity contribution in [3.63, 3.8) is 0 Å². The Kier molecular flexibility index (Phi) is 4.14. The van der Waals surface area contributed by atoms with Crippen LogP contribution in [0.3, 0.4) is 0 Å². The second-order valence-corrected chi connectivity index (χ2v) is 4.49. The van der Waals surface area contributed by atoms with Gasteiger partial charge in [-0.05, 0) is 25.0 Å². The van der Waals surface area contributed by atoms with Crippen LogP contribution in [0.1, 0.15) is 19.4 Å². The summed E-state index contributed by atoms with van der Waals surface area (Å²) in [6.07, 6.45) is 0.924. The van der Waals surface area contributed by atoms with Crippen molar-refractivity contribution in [1.82, 2.24) is 0 Å². The zero-order valence-corrected chi connectivity index (χ0v) is 9.97. The van der Waals surface area contributed by atoms with Crippen LogP contribution in [0.2, 0.25) is 0 Å². The number of hydrogen-bond donors (Lipinski definition) is 1. The predicted octanol–water partition coefficient (Wildman–Crippen LogP) is 2.97. The number of para-hydroxylation sites is 1. The van der Waals surface area contributed by atoms with Crippen LogP contribution in [-0.4, -0.2) is 10.7 Å². The lowest BCUT2D eigenvalue weighted by Crippen LogP contribution is -2.20. The van der Waals surface area contributed by atoms with Gasteiger partial charge in [0.25, 0.3) is 0 Å². The van der Waals surface area contributed by atoms with E-state index in [-0.39, 0.29) is 10.7 Å². The molecule has 0 bridgehead atoms. The maximum Gasteiger partial charge on any atom is 0.237 e. The molecule has 0 aliphatic carbocycles. The van der Waals surface area contributed by atoms with Gasteiger partial charge in [0.15, 0.2) is 0 Å². The van der Waals surface area contributed by atoms with Crippen molar-refractivity contribution in [2.24, 2.45) is 0 Å². The number of amides is 1. The Labute approximate surface area is 92.8 Å². The molecule has 1 amide bonds. The molecule has 0 radical (unpaired) electrons. The van der Waals surface area contributed by atoms with Gasteiger partial charge in [-0.3, -0.25) is 4.79 Å². The molecule has 1 aromatic rings. The monoisotopic (exact) mass is 255 g/mol. The summed E-state index contributed by atoms with van der Waals surface area (Å²) in [7, 11) is 0. The lowest BCUT2D eigenvalue weighted by molar-refractivity contribution is -0.115. The first kappa shape index (κ1) is 11.2. The maximum atomic E-state index is 11.4. The number of carbonyl (C=O) groups is 1. The lowest BCUT2D eigenvalue weighted by Gasteiger charge is -2.10. The Morgan fingerprint density at radius 3 is 2.71 bits per heavy atom. The molecule has 0 saturated heterocycles. The van der Waals surface area contributed by atoms with Crippen LogP contribution in [-0.2, 0) is 11.2 Å². The molecule has 0 spiro atoms. The Morgan fingerprint density at radius 1 is 1.50 bits per heavy atom. The van der Waals surface area contributed by atoms with Gasteiger partial charge in [0.2, 0.25) is 5.91 Å². The van der Waals surface area contributed by atoms with Crippen LogP contribution < -0.4 is 5.32 Å². The molecule has 1 atom stereocenters. The van der Waals surface area contributed by atoms with E-state index in [1.165, 1.54) is 0 Å². The molecule has 0 aromatic heterocycles. The Hall–Kier alpha value is -0.830. The van der Waals surface area contributed by atoms with Crippen molar-refractivity contribution in [1.29, 1.82) is 0 Å². The molecule has 1 aromatic carbocycles. The fourth-order valence-corrected chi connectivity index (χ4v) is 1.30. The molecule has 0 aliphatic rings. The predicted molar refractivity (Wildman–Crippen MR) is 62.8 cm³/mol. The van der Waals surface area contributed by atoms with Gasteiger partial charge >= 0.3 is 0 Å². The van der Waals surface area contributed by atoms with Gasteiger partial charge in [-0.15, -0.1) is 0 Å². The molecule has 3 heteroatoms. The van der Waals surface area contributed by atoms with Crippen molar-refractivity contribution < 1.29 is 4.79 Å². The van der Waals surface area contributed by atoms with Crippen molar-refractivity contribution in [2.75, 3.05) is 5.32 Å². The Balaban J connectivity index is 2.80. The largest absolute Gasteiger partial charge is 0.325 e. The minimum Gasteiger partial charge on any atom is -0.325 e. The molecule has 2 nitrogen and oxygen atoms in total. The number of halogens is 1. The summed E-state index contributed by atoms with van der Waals surface area (Å²) in [5.74, 6) is -0.00843. The van der Waals surface area contributed by atoms with Gasteiger partial charge in [-0.25, -0.2) is 0 Å². The summed E-state index contributed by atoms with van der Waals surface area (Å²) in [6, 6.07) is 7.85. The van der Waals surface area contributed by atoms with E-state index in [2.05, 4.69) is 28.2 Å². The Morgan fingerprint density at radius 2 is 2.14 bits per heavy atom. The zero-order chi connectivity index (χ0) is 10.6. The highest BCUT2D eigenvalue weighted by Gasteiger charge is 2.09. The second-order valence-electron chi connectivity index (χ2n) is 3.12. The first-order valence-corrected chi connectivity index (χ1v) is 5.59. The minimum absolute atomic E-state index is 0.00843. The molecular formula is C11H14BrNO. The van der Waals surface area contributed by atoms with Crippen LogP contribution in [0.15, 0.2) is 24.3 Å². The Bertz CT molecular complexity index is 323. The molecule has 14 heavy (non-hydrogen) atoms. The van der Waals surface area contributed by atoms with E-state index in [0.29, 0.717) is 0 Å². The molecule has 0 heterocycles. The molecular weight excluding hydrogens is 242 g/mol. The highest BCUT2D eigenvalue weighted by atomic mass is 79.9. The molecule has 0 fully saturated rings. The molecule has 76 valence electrons. The van der Waals surface area contributed by atoms with Crippen molar-refractivity contribution >= 4 is 27.5 Å². The van der Waals surface area contributed by atoms with Crippen LogP contribution in [0, 0.1) is 0 Å². The third kappa shape index (κ3) is 2.84. The molecule has 0 aliphatic heterocycles. The lowest BCUT2D eigenvalue weighted by atomic mass is 10.1. The van der Waals surface area contributed by atoms with Gasteiger partial charge in [-0.2, -0.15) is 0 Å². The summed E-state index contributed by atoms with van der Waals surface area (Å²) in [4.78, 5) is 11.3. The van der Waals surface area contributed by atoms with Gasteiger partial charge in [0.1, 0.15) is 0 Å². The molecule has 0 saturated carbocycles. The number of carbonyl (C=O) groups excluding carboxylic acids is 1. The highest BCUT2D eigenvalue weighted by Crippen LogP contribution is 2.16. The number of rotatable bonds is 3. The number of anilines is 1. The van der Waals surface area contributed by atoms with Gasteiger partial charge in [0.05, 0.1) is 4.83 Å². The van der Waals surface area contributed by atoms with E-state index < -0.39 is 0 Å². The zero-order valence-electron chi connectivity index (χ0n) is 8.38. The fourth-order valence-electron chi connectivity index (χ4n) is 1.18. The standard InChI is InChI=1S/C11H14BrNO/c1-3-9-6-4-5-7-10(9)13-11(14)8(2)12/h4-8H,3H2,1-2H3,(H,13,14)/t8-/m0/s1. The number of aryl methyl sites for hydroxylation is 1. The van der Waals surface area contributed by atoms with E-state index in [1.807, 2.05) is 31.2 Å². The topological polar surface area (TPSA) is 29.1 Å². The van der Waals surface area contributed by atoms with Crippen LogP contribution >= 0.6 is 15.9 Å². The maximum absolute atomic E-state index is 11.4. The SMILES string of the molecule is CCc1ccccc1NC(=O)[C@H](C)Br. The van der Waals surface area contributed by atoms with E-state index in [4.69, 9.17) is 0 Å². The van der Waals surface area contributed by atoms with Crippen LogP contribution in [0.5, 0.6) is 0 Å². The average molecular weight is 256 g/mol. The molecule has 1 rings (SSSR count). The summed E-state index contributed by atoms with van der Waals surface area (Å²) >= 11 is 3.23. The number of benzene rings is 1. The third-order valence-corrected chi connectivity index (χ3v) is 2.43. The molecule has 1 N–H and O–H groups in total. The first-order chi connectivity index (χ1) is 6.65. The van der Waals surface area contributed by atoms with E-state index in [1.54, 1.807) is 0 Å². The van der Waals surface area contributed by atoms with E-state index in [0.717, 1.165) is 17.7 Å². The van der Waals surface area contributed by atoms with Crippen molar-refractivity contribution in [3.05, 3.63) is 29.8 Å². The van der Waals surface area contributed by atoms with Gasteiger partial charge in [-0.1, -0.05) is 41.1 Å². The third-order valence-electron chi connectivity index (χ3n) is 2.02. The molecule has 0 unspecified atom stereocenters. The van der Waals surface area contributed by atoms with E-state index >= 15 is 0 Å². The van der Waals surface area contributed by atoms with Crippen molar-refractivity contribution in [2.45, 2.75) is 25.1 Å². The first-order valence-electron chi connectivity index (χ1n) is 4.68. The van der Waals surface area contributed by atoms with Crippen LogP contribution in [0.25, 0.3) is 0 Å². The second kappa shape index (κ2) is 5.15. The number of hydrogen-bond acceptors (Lipinski definition) is 1. The summed E-state index contributed by atoms with van der Waals surface area (Å²) in [5, 5.41) is 2.88. The smallest absolute Gasteiger partial charge is 0.237 e. The average Bonchev–Trinajstić information content (AvgIpc) is 2.18. The van der Waals surface area contributed by atoms with Gasteiger partial charge in [0, 0.05) is 5.69 Å². The normalized spacial score (nSPS) is 12.2. The summed E-state index contributed by atoms with van der Waals surface area (Å²) in [6.45, 7) is 3.88. The number of nitrogens with one attached hydrogen (secondary N) is 1. The van der Waals surface area contributed by atoms with Crippen LogP contribution in [0.4, 0.5) is 5.69 Å². The highest BCUT2D eigenvalue weighted by molar-refractivity contribution is 9.10. The fraction of sp³-hybridized carbons (Fsp3) is 0.364. The minimum atomic E-state index is -0.160.